The van der Waals surface area contributed by atoms with E-state index < -0.39 is 0 Å². The Morgan fingerprint density at radius 3 is 2.48 bits per heavy atom. The van der Waals surface area contributed by atoms with Crippen molar-refractivity contribution in [2.24, 2.45) is 5.41 Å². The van der Waals surface area contributed by atoms with Gasteiger partial charge in [-0.25, -0.2) is 0 Å². The molecular formula is C17H22N2O2. The Hall–Kier alpha value is -2.12. The van der Waals surface area contributed by atoms with Crippen LogP contribution < -0.4 is 5.32 Å². The first-order valence-corrected chi connectivity index (χ1v) is 6.96. The molecule has 1 atom stereocenters. The van der Waals surface area contributed by atoms with E-state index in [0.29, 0.717) is 12.0 Å². The number of carbonyl (C=O) groups excluding carboxylic acids is 1. The number of hydrogen-bond acceptors (Lipinski definition) is 3. The first kappa shape index (κ1) is 16.9. The summed E-state index contributed by atoms with van der Waals surface area (Å²) in [7, 11) is 0. The fraction of sp³-hybridized carbons (Fsp3) is 0.412. The summed E-state index contributed by atoms with van der Waals surface area (Å²) < 4.78 is 0. The van der Waals surface area contributed by atoms with Crippen molar-refractivity contribution in [3.8, 4) is 6.07 Å². The van der Waals surface area contributed by atoms with Crippen molar-refractivity contribution in [2.45, 2.75) is 33.2 Å². The lowest BCUT2D eigenvalue weighted by Gasteiger charge is -2.30. The Labute approximate surface area is 126 Å². The maximum absolute atomic E-state index is 11.9. The van der Waals surface area contributed by atoms with Gasteiger partial charge in [0.05, 0.1) is 11.6 Å². The fourth-order valence-corrected chi connectivity index (χ4v) is 1.91. The topological polar surface area (TPSA) is 73.1 Å². The van der Waals surface area contributed by atoms with E-state index in [1.807, 2.05) is 26.8 Å². The minimum Gasteiger partial charge on any atom is -0.396 e. The number of nitrogens with zero attached hydrogens (tertiary/aromatic N) is 1. The summed E-state index contributed by atoms with van der Waals surface area (Å²) in [4.78, 5) is 11.9. The van der Waals surface area contributed by atoms with Crippen molar-refractivity contribution >= 4 is 12.0 Å². The molecule has 0 saturated carbocycles. The second-order valence-corrected chi connectivity index (χ2v) is 6.01. The van der Waals surface area contributed by atoms with Crippen molar-refractivity contribution in [1.82, 2.24) is 5.32 Å². The first-order chi connectivity index (χ1) is 9.86. The second-order valence-electron chi connectivity index (χ2n) is 6.01. The SMILES string of the molecule is CC(C)(C)C(CCO)NC(=O)/C=C/c1ccc(C#N)cc1. The maximum atomic E-state index is 11.9. The molecule has 1 unspecified atom stereocenters. The maximum Gasteiger partial charge on any atom is 0.244 e. The third kappa shape index (κ3) is 5.80. The highest BCUT2D eigenvalue weighted by molar-refractivity contribution is 5.91. The molecule has 0 aromatic heterocycles. The van der Waals surface area contributed by atoms with E-state index in [1.54, 1.807) is 30.3 Å². The summed E-state index contributed by atoms with van der Waals surface area (Å²) in [6, 6.07) is 8.96. The number of amides is 1. The van der Waals surface area contributed by atoms with E-state index in [0.717, 1.165) is 5.56 Å². The molecule has 4 nitrogen and oxygen atoms in total. The van der Waals surface area contributed by atoms with Crippen LogP contribution in [0.4, 0.5) is 0 Å². The van der Waals surface area contributed by atoms with Gasteiger partial charge in [0.25, 0.3) is 0 Å². The van der Waals surface area contributed by atoms with Crippen molar-refractivity contribution in [1.29, 1.82) is 5.26 Å². The lowest BCUT2D eigenvalue weighted by atomic mass is 9.85. The van der Waals surface area contributed by atoms with Crippen molar-refractivity contribution < 1.29 is 9.90 Å². The number of nitriles is 1. The first-order valence-electron chi connectivity index (χ1n) is 6.96. The van der Waals surface area contributed by atoms with Crippen LogP contribution in [-0.4, -0.2) is 23.7 Å². The van der Waals surface area contributed by atoms with Crippen molar-refractivity contribution in [3.63, 3.8) is 0 Å². The third-order valence-corrected chi connectivity index (χ3v) is 3.25. The number of nitrogens with one attached hydrogen (secondary N) is 1. The van der Waals surface area contributed by atoms with Crippen LogP contribution in [0.25, 0.3) is 6.08 Å². The molecule has 0 fully saturated rings. The van der Waals surface area contributed by atoms with Crippen molar-refractivity contribution in [2.75, 3.05) is 6.61 Å². The smallest absolute Gasteiger partial charge is 0.244 e. The van der Waals surface area contributed by atoms with Crippen LogP contribution in [0.2, 0.25) is 0 Å². The summed E-state index contributed by atoms with van der Waals surface area (Å²) in [6.45, 7) is 6.12. The molecule has 1 aromatic rings. The lowest BCUT2D eigenvalue weighted by Crippen LogP contribution is -2.43. The Morgan fingerprint density at radius 1 is 1.38 bits per heavy atom. The number of hydrogen-bond donors (Lipinski definition) is 2. The second kappa shape index (κ2) is 7.61. The number of rotatable bonds is 5. The quantitative estimate of drug-likeness (QED) is 0.817. The molecule has 1 amide bonds. The zero-order valence-electron chi connectivity index (χ0n) is 12.8. The summed E-state index contributed by atoms with van der Waals surface area (Å²) in [6.07, 6.45) is 3.70. The van der Waals surface area contributed by atoms with Gasteiger partial charge in [-0.2, -0.15) is 5.26 Å². The molecule has 0 saturated heterocycles. The van der Waals surface area contributed by atoms with Gasteiger partial charge < -0.3 is 10.4 Å². The van der Waals surface area contributed by atoms with Gasteiger partial charge in [0.15, 0.2) is 0 Å². The lowest BCUT2D eigenvalue weighted by molar-refractivity contribution is -0.118. The largest absolute Gasteiger partial charge is 0.396 e. The average molecular weight is 286 g/mol. The van der Waals surface area contributed by atoms with E-state index in [1.165, 1.54) is 6.08 Å². The van der Waals surface area contributed by atoms with Gasteiger partial charge in [-0.3, -0.25) is 4.79 Å². The summed E-state index contributed by atoms with van der Waals surface area (Å²) in [5.74, 6) is -0.187. The fourth-order valence-electron chi connectivity index (χ4n) is 1.91. The van der Waals surface area contributed by atoms with Crippen LogP contribution in [0.5, 0.6) is 0 Å². The average Bonchev–Trinajstić information content (AvgIpc) is 2.44. The number of aliphatic hydroxyl groups is 1. The van der Waals surface area contributed by atoms with Gasteiger partial charge in [-0.15, -0.1) is 0 Å². The Kier molecular flexibility index (Phi) is 6.13. The van der Waals surface area contributed by atoms with Crippen LogP contribution in [0.3, 0.4) is 0 Å². The molecule has 21 heavy (non-hydrogen) atoms. The number of aliphatic hydroxyl groups excluding tert-OH is 1. The molecule has 1 aromatic carbocycles. The van der Waals surface area contributed by atoms with E-state index in [4.69, 9.17) is 10.4 Å². The van der Waals surface area contributed by atoms with Crippen LogP contribution >= 0.6 is 0 Å². The standard InChI is InChI=1S/C17H22N2O2/c1-17(2,3)15(10-11-20)19-16(21)9-8-13-4-6-14(12-18)7-5-13/h4-9,15,20H,10-11H2,1-3H3,(H,19,21)/b9-8+. The minimum absolute atomic E-state index is 0.0432. The Bertz CT molecular complexity index is 533. The highest BCUT2D eigenvalue weighted by Crippen LogP contribution is 2.21. The molecule has 112 valence electrons. The minimum atomic E-state index is -0.187. The van der Waals surface area contributed by atoms with Crippen LogP contribution in [0, 0.1) is 16.7 Å². The molecular weight excluding hydrogens is 264 g/mol. The molecule has 0 heterocycles. The van der Waals surface area contributed by atoms with Gasteiger partial charge in [-0.1, -0.05) is 32.9 Å². The highest BCUT2D eigenvalue weighted by atomic mass is 16.3. The molecule has 1 rings (SSSR count). The normalized spacial score (nSPS) is 12.9. The summed E-state index contributed by atoms with van der Waals surface area (Å²) in [5.41, 5.74) is 1.34. The molecule has 0 spiro atoms. The van der Waals surface area contributed by atoms with E-state index in [2.05, 4.69) is 5.32 Å². The molecule has 0 aliphatic heterocycles. The molecule has 0 aliphatic carbocycles. The van der Waals surface area contributed by atoms with Gasteiger partial charge in [0.1, 0.15) is 0 Å². The van der Waals surface area contributed by atoms with Gasteiger partial charge in [-0.05, 0) is 35.6 Å². The van der Waals surface area contributed by atoms with E-state index >= 15 is 0 Å². The number of carbonyl (C=O) groups is 1. The summed E-state index contributed by atoms with van der Waals surface area (Å²) in [5, 5.41) is 20.7. The molecule has 0 radical (unpaired) electrons. The summed E-state index contributed by atoms with van der Waals surface area (Å²) >= 11 is 0. The molecule has 2 N–H and O–H groups in total. The molecule has 0 aliphatic rings. The number of benzene rings is 1. The van der Waals surface area contributed by atoms with Crippen LogP contribution in [0.1, 0.15) is 38.3 Å². The monoisotopic (exact) mass is 286 g/mol. The van der Waals surface area contributed by atoms with Crippen LogP contribution in [0.15, 0.2) is 30.3 Å². The van der Waals surface area contributed by atoms with Crippen molar-refractivity contribution in [3.05, 3.63) is 41.5 Å². The molecule has 0 bridgehead atoms. The van der Waals surface area contributed by atoms with E-state index in [-0.39, 0.29) is 24.0 Å². The van der Waals surface area contributed by atoms with Gasteiger partial charge in [0, 0.05) is 18.7 Å². The van der Waals surface area contributed by atoms with E-state index in [9.17, 15) is 4.79 Å². The zero-order chi connectivity index (χ0) is 15.9. The third-order valence-electron chi connectivity index (χ3n) is 3.25. The Morgan fingerprint density at radius 2 is 2.00 bits per heavy atom. The molecule has 4 heteroatoms. The van der Waals surface area contributed by atoms with Gasteiger partial charge in [0.2, 0.25) is 5.91 Å². The predicted molar refractivity (Wildman–Crippen MR) is 83.3 cm³/mol. The Balaban J connectivity index is 2.66. The highest BCUT2D eigenvalue weighted by Gasteiger charge is 2.24. The predicted octanol–water partition coefficient (Wildman–Crippen LogP) is 2.48. The van der Waals surface area contributed by atoms with Crippen LogP contribution in [-0.2, 0) is 4.79 Å². The van der Waals surface area contributed by atoms with Gasteiger partial charge >= 0.3 is 0 Å². The zero-order valence-corrected chi connectivity index (χ0v) is 12.8.